The first-order chi connectivity index (χ1) is 9.86. The molecule has 1 rings (SSSR count). The maximum atomic E-state index is 13.3. The predicted molar refractivity (Wildman–Crippen MR) is 73.5 cm³/mol. The lowest BCUT2D eigenvalue weighted by atomic mass is 10.2. The number of nitrogens with one attached hydrogen (secondary N) is 1. The van der Waals surface area contributed by atoms with Crippen LogP contribution in [0.25, 0.3) is 0 Å². The molecule has 0 fully saturated rings. The van der Waals surface area contributed by atoms with Crippen molar-refractivity contribution in [2.24, 2.45) is 5.92 Å². The van der Waals surface area contributed by atoms with E-state index in [1.165, 1.54) is 7.11 Å². The summed E-state index contributed by atoms with van der Waals surface area (Å²) in [5.74, 6) is -5.48. The Morgan fingerprint density at radius 3 is 2.57 bits per heavy atom. The molecule has 0 aromatic heterocycles. The predicted octanol–water partition coefficient (Wildman–Crippen LogP) is 2.58. The van der Waals surface area contributed by atoms with Crippen molar-refractivity contribution in [1.29, 1.82) is 0 Å². The van der Waals surface area contributed by atoms with Crippen molar-refractivity contribution in [3.05, 3.63) is 29.6 Å². The van der Waals surface area contributed by atoms with Crippen LogP contribution in [0.2, 0.25) is 0 Å². The van der Waals surface area contributed by atoms with Crippen LogP contribution >= 0.6 is 11.8 Å². The van der Waals surface area contributed by atoms with Gasteiger partial charge in [0.2, 0.25) is 5.91 Å². The maximum Gasteiger partial charge on any atom is 0.309 e. The van der Waals surface area contributed by atoms with Gasteiger partial charge in [-0.1, -0.05) is 6.92 Å². The molecular formula is C13H14F3NO3S. The van der Waals surface area contributed by atoms with Gasteiger partial charge in [-0.15, -0.1) is 0 Å². The molecule has 1 unspecified atom stereocenters. The largest absolute Gasteiger partial charge is 0.469 e. The van der Waals surface area contributed by atoms with Crippen molar-refractivity contribution in [2.75, 3.05) is 23.9 Å². The molecule has 21 heavy (non-hydrogen) atoms. The Hall–Kier alpha value is -1.70. The first-order valence-electron chi connectivity index (χ1n) is 5.95. The fraction of sp³-hybridized carbons (Fsp3) is 0.385. The number of hydrogen-bond acceptors (Lipinski definition) is 4. The fourth-order valence-electron chi connectivity index (χ4n) is 1.41. The lowest BCUT2D eigenvalue weighted by Crippen LogP contribution is -2.19. The third-order valence-corrected chi connectivity index (χ3v) is 3.72. The van der Waals surface area contributed by atoms with E-state index in [9.17, 15) is 22.8 Å². The molecular weight excluding hydrogens is 307 g/mol. The topological polar surface area (TPSA) is 55.4 Å². The summed E-state index contributed by atoms with van der Waals surface area (Å²) in [6, 6.07) is 1.66. The molecule has 0 bridgehead atoms. The van der Waals surface area contributed by atoms with Crippen molar-refractivity contribution in [2.45, 2.75) is 6.92 Å². The average Bonchev–Trinajstić information content (AvgIpc) is 2.46. The van der Waals surface area contributed by atoms with Gasteiger partial charge in [-0.2, -0.15) is 11.8 Å². The van der Waals surface area contributed by atoms with E-state index in [0.29, 0.717) is 5.75 Å². The van der Waals surface area contributed by atoms with Crippen LogP contribution in [-0.2, 0) is 14.3 Å². The number of carbonyl (C=O) groups excluding carboxylic acids is 2. The van der Waals surface area contributed by atoms with E-state index in [1.807, 2.05) is 0 Å². The lowest BCUT2D eigenvalue weighted by Gasteiger charge is -2.09. The van der Waals surface area contributed by atoms with Crippen LogP contribution in [0.5, 0.6) is 0 Å². The number of halogens is 3. The van der Waals surface area contributed by atoms with Gasteiger partial charge >= 0.3 is 5.97 Å². The van der Waals surface area contributed by atoms with Crippen LogP contribution in [-0.4, -0.2) is 30.5 Å². The summed E-state index contributed by atoms with van der Waals surface area (Å²) in [4.78, 5) is 22.7. The highest BCUT2D eigenvalue weighted by molar-refractivity contribution is 8.00. The van der Waals surface area contributed by atoms with Gasteiger partial charge in [0, 0.05) is 5.75 Å². The highest BCUT2D eigenvalue weighted by Crippen LogP contribution is 2.20. The second kappa shape index (κ2) is 7.92. The highest BCUT2D eigenvalue weighted by atomic mass is 32.2. The molecule has 4 nitrogen and oxygen atoms in total. The minimum absolute atomic E-state index is 0.0558. The van der Waals surface area contributed by atoms with E-state index in [-0.39, 0.29) is 11.7 Å². The normalized spacial score (nSPS) is 11.9. The third kappa shape index (κ3) is 4.96. The Kier molecular flexibility index (Phi) is 6.54. The number of amides is 1. The quantitative estimate of drug-likeness (QED) is 0.646. The second-order valence-corrected chi connectivity index (χ2v) is 5.24. The number of esters is 1. The molecule has 0 aliphatic rings. The van der Waals surface area contributed by atoms with E-state index in [2.05, 4.69) is 10.1 Å². The Balaban J connectivity index is 2.48. The molecule has 0 radical (unpaired) electrons. The first kappa shape index (κ1) is 17.4. The fourth-order valence-corrected chi connectivity index (χ4v) is 2.27. The monoisotopic (exact) mass is 321 g/mol. The van der Waals surface area contributed by atoms with E-state index < -0.39 is 35.0 Å². The Morgan fingerprint density at radius 1 is 1.29 bits per heavy atom. The number of benzene rings is 1. The van der Waals surface area contributed by atoms with Gasteiger partial charge in [-0.05, 0) is 12.1 Å². The molecule has 0 saturated carbocycles. The standard InChI is InChI=1S/C13H14F3NO3S/c1-7(13(19)20-2)5-21-6-10(18)17-9-4-3-8(14)11(15)12(9)16/h3-4,7H,5-6H2,1-2H3,(H,17,18). The molecule has 0 spiro atoms. The Labute approximate surface area is 124 Å². The molecule has 1 aromatic rings. The third-order valence-electron chi connectivity index (χ3n) is 2.51. The van der Waals surface area contributed by atoms with Gasteiger partial charge in [0.25, 0.3) is 0 Å². The van der Waals surface area contributed by atoms with E-state index in [1.54, 1.807) is 6.92 Å². The minimum Gasteiger partial charge on any atom is -0.469 e. The number of hydrogen-bond donors (Lipinski definition) is 1. The number of methoxy groups -OCH3 is 1. The molecule has 0 aliphatic carbocycles. The van der Waals surface area contributed by atoms with Crippen LogP contribution in [0, 0.1) is 23.4 Å². The first-order valence-corrected chi connectivity index (χ1v) is 7.11. The van der Waals surface area contributed by atoms with Gasteiger partial charge in [0.1, 0.15) is 0 Å². The van der Waals surface area contributed by atoms with Crippen LogP contribution in [0.3, 0.4) is 0 Å². The zero-order valence-corrected chi connectivity index (χ0v) is 12.2. The molecule has 1 N–H and O–H groups in total. The summed E-state index contributed by atoms with van der Waals surface area (Å²) in [5, 5.41) is 2.14. The molecule has 1 atom stereocenters. The van der Waals surface area contributed by atoms with Crippen molar-refractivity contribution >= 4 is 29.3 Å². The molecule has 1 amide bonds. The van der Waals surface area contributed by atoms with E-state index >= 15 is 0 Å². The summed E-state index contributed by atoms with van der Waals surface area (Å²) in [6.45, 7) is 1.64. The van der Waals surface area contributed by atoms with Gasteiger partial charge in [-0.3, -0.25) is 9.59 Å². The summed E-state index contributed by atoms with van der Waals surface area (Å²) >= 11 is 1.14. The van der Waals surface area contributed by atoms with Crippen molar-refractivity contribution in [3.8, 4) is 0 Å². The van der Waals surface area contributed by atoms with E-state index in [0.717, 1.165) is 23.9 Å². The van der Waals surface area contributed by atoms with E-state index in [4.69, 9.17) is 0 Å². The number of thioether (sulfide) groups is 1. The van der Waals surface area contributed by atoms with Gasteiger partial charge in [0.05, 0.1) is 24.5 Å². The molecule has 0 saturated heterocycles. The lowest BCUT2D eigenvalue weighted by molar-refractivity contribution is -0.144. The van der Waals surface area contributed by atoms with Crippen molar-refractivity contribution in [3.63, 3.8) is 0 Å². The molecule has 0 heterocycles. The molecule has 1 aromatic carbocycles. The summed E-state index contributed by atoms with van der Waals surface area (Å²) in [5.41, 5.74) is -0.430. The highest BCUT2D eigenvalue weighted by Gasteiger charge is 2.16. The average molecular weight is 321 g/mol. The van der Waals surface area contributed by atoms with Gasteiger partial charge in [0.15, 0.2) is 17.5 Å². The van der Waals surface area contributed by atoms with Crippen molar-refractivity contribution in [1.82, 2.24) is 0 Å². The summed E-state index contributed by atoms with van der Waals surface area (Å²) < 4.78 is 43.5. The summed E-state index contributed by atoms with van der Waals surface area (Å²) in [7, 11) is 1.27. The van der Waals surface area contributed by atoms with Crippen LogP contribution in [0.4, 0.5) is 18.9 Å². The zero-order valence-electron chi connectivity index (χ0n) is 11.4. The number of rotatable bonds is 6. The number of ether oxygens (including phenoxy) is 1. The van der Waals surface area contributed by atoms with Crippen molar-refractivity contribution < 1.29 is 27.5 Å². The maximum absolute atomic E-state index is 13.3. The van der Waals surface area contributed by atoms with Crippen LogP contribution in [0.1, 0.15) is 6.92 Å². The van der Waals surface area contributed by atoms with Crippen LogP contribution < -0.4 is 5.32 Å². The summed E-state index contributed by atoms with van der Waals surface area (Å²) in [6.07, 6.45) is 0. The van der Waals surface area contributed by atoms with Crippen LogP contribution in [0.15, 0.2) is 12.1 Å². The molecule has 116 valence electrons. The Bertz CT molecular complexity index is 540. The molecule has 8 heteroatoms. The number of carbonyl (C=O) groups is 2. The minimum atomic E-state index is -1.64. The molecule has 0 aliphatic heterocycles. The van der Waals surface area contributed by atoms with Gasteiger partial charge < -0.3 is 10.1 Å². The smallest absolute Gasteiger partial charge is 0.309 e. The number of anilines is 1. The van der Waals surface area contributed by atoms with Gasteiger partial charge in [-0.25, -0.2) is 13.2 Å². The second-order valence-electron chi connectivity index (χ2n) is 4.21. The SMILES string of the molecule is COC(=O)C(C)CSCC(=O)Nc1ccc(F)c(F)c1F. The Morgan fingerprint density at radius 2 is 1.95 bits per heavy atom. The zero-order chi connectivity index (χ0) is 16.0.